The van der Waals surface area contributed by atoms with Crippen LogP contribution in [-0.4, -0.2) is 11.1 Å². The Kier molecular flexibility index (Phi) is 1.84. The highest BCUT2D eigenvalue weighted by molar-refractivity contribution is 5.83. The lowest BCUT2D eigenvalue weighted by Crippen LogP contribution is -2.59. The molecule has 1 fully saturated rings. The van der Waals surface area contributed by atoms with Gasteiger partial charge in [-0.1, -0.05) is 36.4 Å². The van der Waals surface area contributed by atoms with Crippen molar-refractivity contribution < 1.29 is 0 Å². The Labute approximate surface area is 130 Å². The average Bonchev–Trinajstić information content (AvgIpc) is 3.00. The summed E-state index contributed by atoms with van der Waals surface area (Å²) in [6, 6.07) is 20.4. The molecule has 3 aliphatic rings. The lowest BCUT2D eigenvalue weighted by atomic mass is 9.70. The number of para-hydroxylation sites is 2. The lowest BCUT2D eigenvalue weighted by molar-refractivity contribution is 0.103. The molecule has 22 heavy (non-hydrogen) atoms. The average molecular weight is 286 g/mol. The molecule has 2 unspecified atom stereocenters. The third-order valence-corrected chi connectivity index (χ3v) is 6.20. The van der Waals surface area contributed by atoms with Crippen molar-refractivity contribution in [1.29, 1.82) is 0 Å². The van der Waals surface area contributed by atoms with Crippen LogP contribution in [0.25, 0.3) is 10.9 Å². The van der Waals surface area contributed by atoms with Crippen molar-refractivity contribution in [2.24, 2.45) is 0 Å². The minimum absolute atomic E-state index is 0.181. The summed E-state index contributed by atoms with van der Waals surface area (Å²) in [5.41, 5.74) is 6.17. The molecule has 2 heteroatoms. The minimum Gasteiger partial charge on any atom is -0.347 e. The summed E-state index contributed by atoms with van der Waals surface area (Å²) < 4.78 is 2.68. The molecule has 6 rings (SSSR count). The largest absolute Gasteiger partial charge is 0.347 e. The summed E-state index contributed by atoms with van der Waals surface area (Å²) in [7, 11) is 0. The highest BCUT2D eigenvalue weighted by Gasteiger charge is 2.60. The number of hydrogen-bond donors (Lipinski definition) is 0. The highest BCUT2D eigenvalue weighted by Crippen LogP contribution is 2.63. The first-order chi connectivity index (χ1) is 10.9. The van der Waals surface area contributed by atoms with Gasteiger partial charge in [-0.25, -0.2) is 0 Å². The first-order valence-electron chi connectivity index (χ1n) is 8.36. The quantitative estimate of drug-likeness (QED) is 0.600. The molecule has 1 spiro atoms. The van der Waals surface area contributed by atoms with Gasteiger partial charge >= 0.3 is 0 Å². The molecule has 0 amide bonds. The molecule has 2 aromatic carbocycles. The van der Waals surface area contributed by atoms with Crippen molar-refractivity contribution in [3.63, 3.8) is 0 Å². The van der Waals surface area contributed by atoms with Crippen LogP contribution < -0.4 is 4.90 Å². The molecule has 2 atom stereocenters. The van der Waals surface area contributed by atoms with Gasteiger partial charge in [0.25, 0.3) is 0 Å². The molecule has 1 aliphatic carbocycles. The zero-order valence-electron chi connectivity index (χ0n) is 12.5. The summed E-state index contributed by atoms with van der Waals surface area (Å²) in [5.74, 6) is 0.665. The first kappa shape index (κ1) is 11.4. The third kappa shape index (κ3) is 1.06. The van der Waals surface area contributed by atoms with Gasteiger partial charge in [0.15, 0.2) is 0 Å². The zero-order valence-corrected chi connectivity index (χ0v) is 12.5. The number of nitrogens with zero attached hydrogens (tertiary/aromatic N) is 2. The van der Waals surface area contributed by atoms with Crippen molar-refractivity contribution in [2.45, 2.75) is 30.8 Å². The third-order valence-electron chi connectivity index (χ3n) is 6.20. The van der Waals surface area contributed by atoms with Crippen molar-refractivity contribution in [2.75, 3.05) is 11.4 Å². The van der Waals surface area contributed by atoms with Crippen LogP contribution in [0, 0.1) is 0 Å². The van der Waals surface area contributed by atoms with Gasteiger partial charge < -0.3 is 9.47 Å². The molecule has 0 bridgehead atoms. The van der Waals surface area contributed by atoms with Crippen LogP contribution in [0.1, 0.15) is 30.0 Å². The van der Waals surface area contributed by atoms with Gasteiger partial charge in [-0.05, 0) is 42.0 Å². The van der Waals surface area contributed by atoms with Crippen LogP contribution in [-0.2, 0) is 12.1 Å². The molecule has 0 saturated heterocycles. The fourth-order valence-corrected chi connectivity index (χ4v) is 5.29. The van der Waals surface area contributed by atoms with Gasteiger partial charge in [-0.2, -0.15) is 0 Å². The number of rotatable bonds is 0. The Bertz CT molecular complexity index is 922. The normalized spacial score (nSPS) is 27.8. The predicted molar refractivity (Wildman–Crippen MR) is 89.4 cm³/mol. The number of anilines is 1. The number of aromatic nitrogens is 1. The number of fused-ring (bicyclic) bond motifs is 6. The maximum atomic E-state index is 2.70. The van der Waals surface area contributed by atoms with E-state index in [1.54, 1.807) is 5.56 Å². The fraction of sp³-hybridized carbons (Fsp3) is 0.300. The molecule has 3 aromatic rings. The Balaban J connectivity index is 1.70. The topological polar surface area (TPSA) is 8.17 Å². The van der Waals surface area contributed by atoms with Crippen LogP contribution in [0.5, 0.6) is 0 Å². The predicted octanol–water partition coefficient (Wildman–Crippen LogP) is 4.25. The van der Waals surface area contributed by atoms with Crippen LogP contribution in [0.15, 0.2) is 54.6 Å². The van der Waals surface area contributed by atoms with E-state index in [9.17, 15) is 0 Å². The van der Waals surface area contributed by atoms with Gasteiger partial charge in [0, 0.05) is 30.3 Å². The summed E-state index contributed by atoms with van der Waals surface area (Å²) in [6.45, 7) is 1.16. The standard InChI is InChI=1S/C20H18N2/c1-3-7-18-14(5-1)13-15-10-12-21-19-8-4-2-6-16(19)17-9-11-20(17,21)22(15)18/h1-8,13,17H,9-12H2. The van der Waals surface area contributed by atoms with Crippen LogP contribution in [0.2, 0.25) is 0 Å². The molecule has 3 heterocycles. The van der Waals surface area contributed by atoms with Crippen LogP contribution >= 0.6 is 0 Å². The van der Waals surface area contributed by atoms with Gasteiger partial charge in [-0.3, -0.25) is 0 Å². The van der Waals surface area contributed by atoms with E-state index in [1.165, 1.54) is 35.1 Å². The van der Waals surface area contributed by atoms with E-state index >= 15 is 0 Å². The molecule has 0 N–H and O–H groups in total. The molecule has 2 aliphatic heterocycles. The van der Waals surface area contributed by atoms with Gasteiger partial charge in [0.05, 0.1) is 5.52 Å². The smallest absolute Gasteiger partial charge is 0.124 e. The number of benzene rings is 2. The fourth-order valence-electron chi connectivity index (χ4n) is 5.29. The summed E-state index contributed by atoms with van der Waals surface area (Å²) in [5, 5.41) is 1.40. The Morgan fingerprint density at radius 3 is 2.77 bits per heavy atom. The Morgan fingerprint density at radius 1 is 1.00 bits per heavy atom. The SMILES string of the molecule is c1ccc2c(c1)C1CCC13N2CCc1cc2ccccc2n13. The van der Waals surface area contributed by atoms with Crippen LogP contribution in [0.3, 0.4) is 0 Å². The highest BCUT2D eigenvalue weighted by atomic mass is 15.4. The maximum Gasteiger partial charge on any atom is 0.124 e. The van der Waals surface area contributed by atoms with Crippen molar-refractivity contribution in [3.05, 3.63) is 65.9 Å². The summed E-state index contributed by atoms with van der Waals surface area (Å²) >= 11 is 0. The van der Waals surface area contributed by atoms with Gasteiger partial charge in [-0.15, -0.1) is 0 Å². The van der Waals surface area contributed by atoms with E-state index in [-0.39, 0.29) is 5.66 Å². The molecular weight excluding hydrogens is 268 g/mol. The molecule has 1 aromatic heterocycles. The zero-order chi connectivity index (χ0) is 14.3. The van der Waals surface area contributed by atoms with Gasteiger partial charge in [0.2, 0.25) is 0 Å². The Hall–Kier alpha value is -2.22. The van der Waals surface area contributed by atoms with Crippen molar-refractivity contribution >= 4 is 16.6 Å². The molecule has 1 saturated carbocycles. The van der Waals surface area contributed by atoms with E-state index in [0.717, 1.165) is 13.0 Å². The van der Waals surface area contributed by atoms with E-state index in [0.29, 0.717) is 5.92 Å². The maximum absolute atomic E-state index is 2.70. The molecule has 2 nitrogen and oxygen atoms in total. The minimum atomic E-state index is 0.181. The lowest BCUT2D eigenvalue weighted by Gasteiger charge is -2.55. The number of hydrogen-bond acceptors (Lipinski definition) is 1. The van der Waals surface area contributed by atoms with E-state index in [4.69, 9.17) is 0 Å². The molecule has 0 radical (unpaired) electrons. The molecular formula is C20H18N2. The summed E-state index contributed by atoms with van der Waals surface area (Å²) in [6.07, 6.45) is 3.75. The molecule has 108 valence electrons. The van der Waals surface area contributed by atoms with Gasteiger partial charge in [0.1, 0.15) is 5.66 Å². The van der Waals surface area contributed by atoms with E-state index in [1.807, 2.05) is 0 Å². The van der Waals surface area contributed by atoms with Crippen molar-refractivity contribution in [1.82, 2.24) is 4.57 Å². The summed E-state index contributed by atoms with van der Waals surface area (Å²) in [4.78, 5) is 2.70. The monoisotopic (exact) mass is 286 g/mol. The second kappa shape index (κ2) is 3.57. The second-order valence-electron chi connectivity index (χ2n) is 6.96. The Morgan fingerprint density at radius 2 is 1.86 bits per heavy atom. The van der Waals surface area contributed by atoms with Crippen molar-refractivity contribution in [3.8, 4) is 0 Å². The van der Waals surface area contributed by atoms with Crippen LogP contribution in [0.4, 0.5) is 5.69 Å². The van der Waals surface area contributed by atoms with E-state index < -0.39 is 0 Å². The first-order valence-corrected chi connectivity index (χ1v) is 8.36. The van der Waals surface area contributed by atoms with E-state index in [2.05, 4.69) is 64.1 Å². The second-order valence-corrected chi connectivity index (χ2v) is 6.96.